The Morgan fingerprint density at radius 1 is 1.35 bits per heavy atom. The van der Waals surface area contributed by atoms with E-state index >= 15 is 0 Å². The number of primary amides is 1. The molecule has 0 aromatic heterocycles. The summed E-state index contributed by atoms with van der Waals surface area (Å²) in [6, 6.07) is 0.0994. The highest BCUT2D eigenvalue weighted by Gasteiger charge is 2.27. The van der Waals surface area contributed by atoms with Gasteiger partial charge in [0.05, 0.1) is 0 Å². The molecule has 2 amide bonds. The van der Waals surface area contributed by atoms with Crippen LogP contribution in [0.4, 0.5) is 0 Å². The SMILES string of the molecule is COC(CN)C(=O)NC1CCC(C(N)=O)CC1. The molecular formula is C11H21N3O3. The molecule has 6 nitrogen and oxygen atoms in total. The summed E-state index contributed by atoms with van der Waals surface area (Å²) in [7, 11) is 1.46. The van der Waals surface area contributed by atoms with E-state index in [4.69, 9.17) is 16.2 Å². The molecule has 1 fully saturated rings. The average Bonchev–Trinajstić information content (AvgIpc) is 2.31. The van der Waals surface area contributed by atoms with Crippen molar-refractivity contribution in [1.82, 2.24) is 5.32 Å². The molecular weight excluding hydrogens is 222 g/mol. The minimum absolute atomic E-state index is 0.0455. The molecule has 1 rings (SSSR count). The van der Waals surface area contributed by atoms with Crippen molar-refractivity contribution in [1.29, 1.82) is 0 Å². The summed E-state index contributed by atoms with van der Waals surface area (Å²) in [5, 5.41) is 2.88. The normalized spacial score (nSPS) is 26.2. The first-order valence-electron chi connectivity index (χ1n) is 5.91. The monoisotopic (exact) mass is 243 g/mol. The zero-order valence-corrected chi connectivity index (χ0v) is 10.1. The van der Waals surface area contributed by atoms with Gasteiger partial charge in [0.15, 0.2) is 0 Å². The van der Waals surface area contributed by atoms with Crippen LogP contribution >= 0.6 is 0 Å². The Hall–Kier alpha value is -1.14. The van der Waals surface area contributed by atoms with Crippen molar-refractivity contribution in [3.63, 3.8) is 0 Å². The average molecular weight is 243 g/mol. The molecule has 0 heterocycles. The van der Waals surface area contributed by atoms with Crippen LogP contribution < -0.4 is 16.8 Å². The number of methoxy groups -OCH3 is 1. The number of carbonyl (C=O) groups is 2. The number of nitrogens with one attached hydrogen (secondary N) is 1. The van der Waals surface area contributed by atoms with Crippen molar-refractivity contribution in [2.45, 2.75) is 37.8 Å². The zero-order chi connectivity index (χ0) is 12.8. The lowest BCUT2D eigenvalue weighted by molar-refractivity contribution is -0.131. The molecule has 5 N–H and O–H groups in total. The van der Waals surface area contributed by atoms with Crippen molar-refractivity contribution >= 4 is 11.8 Å². The van der Waals surface area contributed by atoms with Gasteiger partial charge in [-0.2, -0.15) is 0 Å². The molecule has 0 bridgehead atoms. The quantitative estimate of drug-likeness (QED) is 0.582. The summed E-state index contributed by atoms with van der Waals surface area (Å²) in [6.07, 6.45) is 2.44. The standard InChI is InChI=1S/C11H21N3O3/c1-17-9(6-12)11(16)14-8-4-2-7(3-5-8)10(13)15/h7-9H,2-6,12H2,1H3,(H2,13,15)(H,14,16). The molecule has 1 aliphatic carbocycles. The number of carbonyl (C=O) groups excluding carboxylic acids is 2. The molecule has 1 unspecified atom stereocenters. The van der Waals surface area contributed by atoms with E-state index in [2.05, 4.69) is 5.32 Å². The van der Waals surface area contributed by atoms with E-state index in [1.807, 2.05) is 0 Å². The van der Waals surface area contributed by atoms with Crippen LogP contribution in [0.1, 0.15) is 25.7 Å². The number of amides is 2. The molecule has 17 heavy (non-hydrogen) atoms. The maximum absolute atomic E-state index is 11.7. The topological polar surface area (TPSA) is 107 Å². The summed E-state index contributed by atoms with van der Waals surface area (Å²) in [6.45, 7) is 0.166. The van der Waals surface area contributed by atoms with E-state index in [1.165, 1.54) is 7.11 Å². The summed E-state index contributed by atoms with van der Waals surface area (Å²) < 4.78 is 4.95. The maximum atomic E-state index is 11.7. The van der Waals surface area contributed by atoms with Crippen LogP contribution in [0.3, 0.4) is 0 Å². The lowest BCUT2D eigenvalue weighted by atomic mass is 9.85. The lowest BCUT2D eigenvalue weighted by Crippen LogP contribution is -2.46. The fourth-order valence-corrected chi connectivity index (χ4v) is 2.13. The van der Waals surface area contributed by atoms with Gasteiger partial charge in [0, 0.05) is 25.6 Å². The Morgan fingerprint density at radius 3 is 2.35 bits per heavy atom. The first-order valence-corrected chi connectivity index (χ1v) is 5.91. The molecule has 1 aliphatic rings. The van der Waals surface area contributed by atoms with Gasteiger partial charge in [-0.15, -0.1) is 0 Å². The van der Waals surface area contributed by atoms with Crippen molar-refractivity contribution < 1.29 is 14.3 Å². The maximum Gasteiger partial charge on any atom is 0.250 e. The van der Waals surface area contributed by atoms with Crippen molar-refractivity contribution in [2.75, 3.05) is 13.7 Å². The molecule has 0 spiro atoms. The fourth-order valence-electron chi connectivity index (χ4n) is 2.13. The van der Waals surface area contributed by atoms with E-state index in [0.29, 0.717) is 0 Å². The van der Waals surface area contributed by atoms with Crippen molar-refractivity contribution in [3.8, 4) is 0 Å². The van der Waals surface area contributed by atoms with Crippen LogP contribution in [0, 0.1) is 5.92 Å². The highest BCUT2D eigenvalue weighted by Crippen LogP contribution is 2.23. The van der Waals surface area contributed by atoms with Gasteiger partial charge in [-0.25, -0.2) is 0 Å². The third-order valence-electron chi connectivity index (χ3n) is 3.27. The molecule has 1 atom stereocenters. The van der Waals surface area contributed by atoms with Crippen LogP contribution in [-0.4, -0.2) is 37.6 Å². The van der Waals surface area contributed by atoms with Gasteiger partial charge in [-0.05, 0) is 25.7 Å². The van der Waals surface area contributed by atoms with E-state index in [-0.39, 0.29) is 30.3 Å². The number of nitrogens with two attached hydrogens (primary N) is 2. The third kappa shape index (κ3) is 3.98. The van der Waals surface area contributed by atoms with E-state index in [0.717, 1.165) is 25.7 Å². The lowest BCUT2D eigenvalue weighted by Gasteiger charge is -2.28. The Bertz CT molecular complexity index is 271. The summed E-state index contributed by atoms with van der Waals surface area (Å²) >= 11 is 0. The van der Waals surface area contributed by atoms with Crippen LogP contribution in [0.2, 0.25) is 0 Å². The second-order valence-corrected chi connectivity index (χ2v) is 4.42. The first kappa shape index (κ1) is 13.9. The van der Waals surface area contributed by atoms with Crippen molar-refractivity contribution in [2.24, 2.45) is 17.4 Å². The molecule has 0 aliphatic heterocycles. The largest absolute Gasteiger partial charge is 0.370 e. The van der Waals surface area contributed by atoms with Gasteiger partial charge < -0.3 is 21.5 Å². The second-order valence-electron chi connectivity index (χ2n) is 4.42. The Labute approximate surface area is 101 Å². The Kier molecular flexibility index (Phi) is 5.37. The van der Waals surface area contributed by atoms with Crippen LogP contribution in [-0.2, 0) is 14.3 Å². The summed E-state index contributed by atoms with van der Waals surface area (Å²) in [5.41, 5.74) is 10.6. The number of rotatable bonds is 5. The smallest absolute Gasteiger partial charge is 0.250 e. The van der Waals surface area contributed by atoms with Crippen LogP contribution in [0.15, 0.2) is 0 Å². The number of hydrogen-bond acceptors (Lipinski definition) is 4. The molecule has 0 radical (unpaired) electrons. The highest BCUT2D eigenvalue weighted by atomic mass is 16.5. The Morgan fingerprint density at radius 2 is 1.94 bits per heavy atom. The molecule has 0 aromatic rings. The fraction of sp³-hybridized carbons (Fsp3) is 0.818. The van der Waals surface area contributed by atoms with Gasteiger partial charge in [0.2, 0.25) is 5.91 Å². The summed E-state index contributed by atoms with van der Waals surface area (Å²) in [5.74, 6) is -0.472. The molecule has 98 valence electrons. The number of hydrogen-bond donors (Lipinski definition) is 3. The van der Waals surface area contributed by atoms with Crippen LogP contribution in [0.25, 0.3) is 0 Å². The number of ether oxygens (including phenoxy) is 1. The van der Waals surface area contributed by atoms with Gasteiger partial charge in [-0.3, -0.25) is 9.59 Å². The first-order chi connectivity index (χ1) is 8.08. The third-order valence-corrected chi connectivity index (χ3v) is 3.27. The molecule has 0 saturated heterocycles. The minimum Gasteiger partial charge on any atom is -0.370 e. The van der Waals surface area contributed by atoms with Gasteiger partial charge in [0.1, 0.15) is 6.10 Å². The van der Waals surface area contributed by atoms with E-state index in [1.54, 1.807) is 0 Å². The van der Waals surface area contributed by atoms with Crippen molar-refractivity contribution in [3.05, 3.63) is 0 Å². The predicted molar refractivity (Wildman–Crippen MR) is 62.9 cm³/mol. The molecule has 6 heteroatoms. The van der Waals surface area contributed by atoms with E-state index in [9.17, 15) is 9.59 Å². The van der Waals surface area contributed by atoms with E-state index < -0.39 is 6.10 Å². The Balaban J connectivity index is 2.35. The van der Waals surface area contributed by atoms with Gasteiger partial charge in [0.25, 0.3) is 5.91 Å². The van der Waals surface area contributed by atoms with Gasteiger partial charge >= 0.3 is 0 Å². The highest BCUT2D eigenvalue weighted by molar-refractivity contribution is 5.81. The predicted octanol–water partition coefficient (Wildman–Crippen LogP) is -0.880. The summed E-state index contributed by atoms with van der Waals surface area (Å²) in [4.78, 5) is 22.7. The second kappa shape index (κ2) is 6.56. The van der Waals surface area contributed by atoms with Gasteiger partial charge in [-0.1, -0.05) is 0 Å². The molecule has 0 aromatic carbocycles. The molecule has 1 saturated carbocycles. The minimum atomic E-state index is -0.594. The zero-order valence-electron chi connectivity index (χ0n) is 10.1. The van der Waals surface area contributed by atoms with Crippen LogP contribution in [0.5, 0.6) is 0 Å².